The van der Waals surface area contributed by atoms with Crippen molar-refractivity contribution in [1.29, 1.82) is 0 Å². The Labute approximate surface area is 124 Å². The van der Waals surface area contributed by atoms with Gasteiger partial charge in [-0.05, 0) is 32.9 Å². The fourth-order valence-corrected chi connectivity index (χ4v) is 2.85. The molecule has 0 fully saturated rings. The summed E-state index contributed by atoms with van der Waals surface area (Å²) in [6, 6.07) is 2.69. The van der Waals surface area contributed by atoms with E-state index in [1.807, 2.05) is 0 Å². The first-order chi connectivity index (χ1) is 9.40. The van der Waals surface area contributed by atoms with Crippen molar-refractivity contribution in [2.45, 2.75) is 6.54 Å². The Balaban J connectivity index is 2.48. The SMILES string of the molecule is O=C(O)c1sccc1Cn1cc([N+](=O)[O-])cc(Br)c1=O. The molecule has 0 bridgehead atoms. The lowest BCUT2D eigenvalue weighted by molar-refractivity contribution is -0.385. The fraction of sp³-hybridized carbons (Fsp3) is 0.0909. The Hall–Kier alpha value is -2.00. The summed E-state index contributed by atoms with van der Waals surface area (Å²) in [5.41, 5.74) is -0.279. The normalized spacial score (nSPS) is 10.4. The number of halogens is 1. The molecule has 0 aliphatic rings. The van der Waals surface area contributed by atoms with Crippen molar-refractivity contribution >= 4 is 38.9 Å². The highest BCUT2D eigenvalue weighted by molar-refractivity contribution is 9.10. The third kappa shape index (κ3) is 2.78. The number of aromatic nitrogens is 1. The van der Waals surface area contributed by atoms with Crippen LogP contribution >= 0.6 is 27.3 Å². The second-order valence-electron chi connectivity index (χ2n) is 3.82. The number of nitro groups is 1. The maximum atomic E-state index is 11.9. The van der Waals surface area contributed by atoms with Crippen molar-refractivity contribution in [3.05, 3.63) is 59.1 Å². The molecule has 7 nitrogen and oxygen atoms in total. The first kappa shape index (κ1) is 14.4. The molecular formula is C11H7BrN2O5S. The van der Waals surface area contributed by atoms with E-state index in [4.69, 9.17) is 5.11 Å². The molecule has 2 aromatic rings. The lowest BCUT2D eigenvalue weighted by Crippen LogP contribution is -2.21. The summed E-state index contributed by atoms with van der Waals surface area (Å²) in [6.45, 7) is -0.0375. The van der Waals surface area contributed by atoms with E-state index in [2.05, 4.69) is 15.9 Å². The molecular weight excluding hydrogens is 352 g/mol. The van der Waals surface area contributed by atoms with Gasteiger partial charge in [-0.25, -0.2) is 4.79 Å². The van der Waals surface area contributed by atoms with E-state index in [9.17, 15) is 19.7 Å². The van der Waals surface area contributed by atoms with Crippen molar-refractivity contribution < 1.29 is 14.8 Å². The van der Waals surface area contributed by atoms with Gasteiger partial charge in [-0.3, -0.25) is 14.9 Å². The van der Waals surface area contributed by atoms with E-state index in [-0.39, 0.29) is 21.6 Å². The Kier molecular flexibility index (Phi) is 4.00. The zero-order chi connectivity index (χ0) is 14.9. The van der Waals surface area contributed by atoms with Gasteiger partial charge in [-0.1, -0.05) is 0 Å². The van der Waals surface area contributed by atoms with Crippen LogP contribution in [0.5, 0.6) is 0 Å². The number of thiophene rings is 1. The van der Waals surface area contributed by atoms with E-state index in [1.165, 1.54) is 0 Å². The lowest BCUT2D eigenvalue weighted by Gasteiger charge is -2.06. The third-order valence-corrected chi connectivity index (χ3v) is 4.03. The molecule has 0 aliphatic heterocycles. The Morgan fingerprint density at radius 2 is 2.25 bits per heavy atom. The van der Waals surface area contributed by atoms with Crippen LogP contribution in [0.2, 0.25) is 0 Å². The molecule has 2 aromatic heterocycles. The van der Waals surface area contributed by atoms with Crippen LogP contribution in [0.15, 0.2) is 33.0 Å². The molecule has 104 valence electrons. The number of pyridine rings is 1. The van der Waals surface area contributed by atoms with Crippen LogP contribution in [0.1, 0.15) is 15.2 Å². The molecule has 2 heterocycles. The van der Waals surface area contributed by atoms with Crippen LogP contribution in [-0.2, 0) is 6.54 Å². The molecule has 0 radical (unpaired) electrons. The molecule has 0 saturated carbocycles. The van der Waals surface area contributed by atoms with Gasteiger partial charge < -0.3 is 9.67 Å². The molecule has 0 unspecified atom stereocenters. The first-order valence-corrected chi connectivity index (χ1v) is 6.91. The van der Waals surface area contributed by atoms with Gasteiger partial charge in [0.2, 0.25) is 0 Å². The highest BCUT2D eigenvalue weighted by atomic mass is 79.9. The number of carbonyl (C=O) groups is 1. The second kappa shape index (κ2) is 5.55. The number of rotatable bonds is 4. The smallest absolute Gasteiger partial charge is 0.346 e. The lowest BCUT2D eigenvalue weighted by atomic mass is 10.2. The predicted octanol–water partition coefficient (Wildman–Crippen LogP) is 2.33. The number of aromatic carboxylic acids is 1. The molecule has 0 atom stereocenters. The molecule has 0 amide bonds. The highest BCUT2D eigenvalue weighted by Crippen LogP contribution is 2.19. The van der Waals surface area contributed by atoms with Gasteiger partial charge in [-0.2, -0.15) is 0 Å². The van der Waals surface area contributed by atoms with Crippen LogP contribution in [0.3, 0.4) is 0 Å². The van der Waals surface area contributed by atoms with Gasteiger partial charge >= 0.3 is 5.97 Å². The summed E-state index contributed by atoms with van der Waals surface area (Å²) in [6.07, 6.45) is 1.09. The molecule has 0 spiro atoms. The Morgan fingerprint density at radius 3 is 2.85 bits per heavy atom. The number of hydrogen-bond donors (Lipinski definition) is 1. The van der Waals surface area contributed by atoms with Crippen LogP contribution in [-0.4, -0.2) is 20.6 Å². The van der Waals surface area contributed by atoms with Crippen LogP contribution in [0, 0.1) is 10.1 Å². The Morgan fingerprint density at radius 1 is 1.55 bits per heavy atom. The van der Waals surface area contributed by atoms with Crippen molar-refractivity contribution in [2.24, 2.45) is 0 Å². The van der Waals surface area contributed by atoms with E-state index in [1.54, 1.807) is 11.4 Å². The highest BCUT2D eigenvalue weighted by Gasteiger charge is 2.16. The van der Waals surface area contributed by atoms with Gasteiger partial charge in [0.05, 0.1) is 22.1 Å². The minimum Gasteiger partial charge on any atom is -0.477 e. The van der Waals surface area contributed by atoms with E-state index >= 15 is 0 Å². The maximum Gasteiger partial charge on any atom is 0.346 e. The molecule has 1 N–H and O–H groups in total. The monoisotopic (exact) mass is 358 g/mol. The van der Waals surface area contributed by atoms with Gasteiger partial charge in [0.15, 0.2) is 0 Å². The molecule has 20 heavy (non-hydrogen) atoms. The summed E-state index contributed by atoms with van der Waals surface area (Å²) in [7, 11) is 0. The van der Waals surface area contributed by atoms with Gasteiger partial charge in [-0.15, -0.1) is 11.3 Å². The van der Waals surface area contributed by atoms with E-state index in [0.29, 0.717) is 5.56 Å². The van der Waals surface area contributed by atoms with Crippen LogP contribution in [0.25, 0.3) is 0 Å². The maximum absolute atomic E-state index is 11.9. The van der Waals surface area contributed by atoms with Crippen molar-refractivity contribution in [3.8, 4) is 0 Å². The molecule has 0 aromatic carbocycles. The largest absolute Gasteiger partial charge is 0.477 e. The summed E-state index contributed by atoms with van der Waals surface area (Å²) >= 11 is 4.00. The summed E-state index contributed by atoms with van der Waals surface area (Å²) < 4.78 is 1.16. The van der Waals surface area contributed by atoms with Gasteiger partial charge in [0.1, 0.15) is 4.88 Å². The third-order valence-electron chi connectivity index (χ3n) is 2.52. The Bertz CT molecular complexity index is 752. The summed E-state index contributed by atoms with van der Waals surface area (Å²) in [5, 5.41) is 21.4. The molecule has 0 saturated heterocycles. The number of hydrogen-bond acceptors (Lipinski definition) is 5. The van der Waals surface area contributed by atoms with E-state index in [0.717, 1.165) is 28.2 Å². The fourth-order valence-electron chi connectivity index (χ4n) is 1.63. The molecule has 0 aliphatic carbocycles. The van der Waals surface area contributed by atoms with Gasteiger partial charge in [0, 0.05) is 6.07 Å². The van der Waals surface area contributed by atoms with Crippen molar-refractivity contribution in [3.63, 3.8) is 0 Å². The first-order valence-electron chi connectivity index (χ1n) is 5.24. The van der Waals surface area contributed by atoms with Gasteiger partial charge in [0.25, 0.3) is 11.2 Å². The van der Waals surface area contributed by atoms with Crippen LogP contribution < -0.4 is 5.56 Å². The standard InChI is InChI=1S/C11H7BrN2O5S/c12-8-3-7(14(18)19)5-13(10(8)15)4-6-1-2-20-9(6)11(16)17/h1-3,5H,4H2,(H,16,17). The zero-order valence-electron chi connectivity index (χ0n) is 9.78. The summed E-state index contributed by atoms with van der Waals surface area (Å²) in [5.74, 6) is -1.09. The minimum absolute atomic E-state index is 0.0375. The second-order valence-corrected chi connectivity index (χ2v) is 5.59. The number of carboxylic acid groups (broad SMARTS) is 1. The number of nitrogens with zero attached hydrogens (tertiary/aromatic N) is 2. The quantitative estimate of drug-likeness (QED) is 0.667. The molecule has 2 rings (SSSR count). The van der Waals surface area contributed by atoms with Crippen LogP contribution in [0.4, 0.5) is 5.69 Å². The molecule has 9 heteroatoms. The average molecular weight is 359 g/mol. The topological polar surface area (TPSA) is 102 Å². The van der Waals surface area contributed by atoms with Crippen molar-refractivity contribution in [1.82, 2.24) is 4.57 Å². The number of carboxylic acids is 1. The minimum atomic E-state index is -1.09. The summed E-state index contributed by atoms with van der Waals surface area (Å²) in [4.78, 5) is 33.2. The zero-order valence-corrected chi connectivity index (χ0v) is 12.2. The predicted molar refractivity (Wildman–Crippen MR) is 75.4 cm³/mol. The van der Waals surface area contributed by atoms with E-state index < -0.39 is 16.5 Å². The van der Waals surface area contributed by atoms with Crippen molar-refractivity contribution in [2.75, 3.05) is 0 Å². The average Bonchev–Trinajstić information content (AvgIpc) is 2.82.